The molecule has 20 heavy (non-hydrogen) atoms. The fourth-order valence-corrected chi connectivity index (χ4v) is 2.54. The predicted molar refractivity (Wildman–Crippen MR) is 82.0 cm³/mol. The number of hydrogen-bond donors (Lipinski definition) is 1. The molecule has 0 amide bonds. The largest absolute Gasteiger partial charge is 0.336 e. The Balaban J connectivity index is 2.21. The average molecular weight is 340 g/mol. The van der Waals surface area contributed by atoms with Gasteiger partial charge in [0.15, 0.2) is 0 Å². The highest BCUT2D eigenvalue weighted by atomic mass is 79.9. The van der Waals surface area contributed by atoms with E-state index in [1.165, 1.54) is 6.07 Å². The fourth-order valence-electron chi connectivity index (χ4n) is 2.21. The number of benzene rings is 1. The number of aromatic nitrogens is 2. The standard InChI is InChI=1S/C15H19BrFN3/c1-3-6-19-14(15-9-18-10-20(15)2)7-11-4-5-12(16)8-13(11)17/h4-5,8-10,14,19H,3,6-7H2,1-2H3. The molecular weight excluding hydrogens is 321 g/mol. The Morgan fingerprint density at radius 1 is 1.45 bits per heavy atom. The van der Waals surface area contributed by atoms with Gasteiger partial charge in [-0.3, -0.25) is 0 Å². The molecule has 5 heteroatoms. The first kappa shape index (κ1) is 15.2. The summed E-state index contributed by atoms with van der Waals surface area (Å²) >= 11 is 3.29. The van der Waals surface area contributed by atoms with Gasteiger partial charge in [-0.2, -0.15) is 0 Å². The van der Waals surface area contributed by atoms with Gasteiger partial charge in [0, 0.05) is 17.7 Å². The van der Waals surface area contributed by atoms with Crippen molar-refractivity contribution < 1.29 is 4.39 Å². The summed E-state index contributed by atoms with van der Waals surface area (Å²) in [6.07, 6.45) is 5.26. The maximum absolute atomic E-state index is 14.0. The van der Waals surface area contributed by atoms with Gasteiger partial charge in [-0.1, -0.05) is 28.9 Å². The molecule has 2 rings (SSSR count). The Kier molecular flexibility index (Phi) is 5.31. The molecule has 0 saturated heterocycles. The highest BCUT2D eigenvalue weighted by Crippen LogP contribution is 2.22. The summed E-state index contributed by atoms with van der Waals surface area (Å²) in [7, 11) is 1.96. The zero-order valence-electron chi connectivity index (χ0n) is 11.7. The molecule has 1 atom stereocenters. The molecule has 1 aromatic carbocycles. The van der Waals surface area contributed by atoms with Crippen LogP contribution >= 0.6 is 15.9 Å². The summed E-state index contributed by atoms with van der Waals surface area (Å²) in [5.41, 5.74) is 1.78. The van der Waals surface area contributed by atoms with E-state index in [1.54, 1.807) is 6.33 Å². The number of nitrogens with zero attached hydrogens (tertiary/aromatic N) is 2. The Morgan fingerprint density at radius 2 is 2.25 bits per heavy atom. The molecule has 1 heterocycles. The van der Waals surface area contributed by atoms with Crippen LogP contribution in [-0.4, -0.2) is 16.1 Å². The Hall–Kier alpha value is -1.20. The van der Waals surface area contributed by atoms with E-state index in [-0.39, 0.29) is 11.9 Å². The van der Waals surface area contributed by atoms with Gasteiger partial charge in [0.1, 0.15) is 5.82 Å². The van der Waals surface area contributed by atoms with Crippen LogP contribution in [0, 0.1) is 5.82 Å². The Bertz CT molecular complexity index is 568. The summed E-state index contributed by atoms with van der Waals surface area (Å²) in [5, 5.41) is 3.46. The van der Waals surface area contributed by atoms with Crippen molar-refractivity contribution in [3.63, 3.8) is 0 Å². The summed E-state index contributed by atoms with van der Waals surface area (Å²) in [6, 6.07) is 5.28. The van der Waals surface area contributed by atoms with E-state index >= 15 is 0 Å². The van der Waals surface area contributed by atoms with Gasteiger partial charge in [-0.25, -0.2) is 9.37 Å². The van der Waals surface area contributed by atoms with Crippen LogP contribution in [0.5, 0.6) is 0 Å². The second-order valence-corrected chi connectivity index (χ2v) is 5.79. The van der Waals surface area contributed by atoms with E-state index in [0.29, 0.717) is 12.0 Å². The molecule has 0 fully saturated rings. The summed E-state index contributed by atoms with van der Waals surface area (Å²) < 4.78 is 16.7. The molecule has 0 radical (unpaired) electrons. The Labute approximate surface area is 127 Å². The second-order valence-electron chi connectivity index (χ2n) is 4.88. The predicted octanol–water partition coefficient (Wildman–Crippen LogP) is 3.61. The molecule has 0 saturated carbocycles. The zero-order valence-corrected chi connectivity index (χ0v) is 13.3. The molecule has 0 bridgehead atoms. The van der Waals surface area contributed by atoms with Crippen molar-refractivity contribution in [2.75, 3.05) is 6.54 Å². The average Bonchev–Trinajstić information content (AvgIpc) is 2.83. The molecule has 0 aliphatic carbocycles. The van der Waals surface area contributed by atoms with Gasteiger partial charge in [-0.15, -0.1) is 0 Å². The minimum absolute atomic E-state index is 0.0677. The molecule has 1 N–H and O–H groups in total. The van der Waals surface area contributed by atoms with Gasteiger partial charge in [-0.05, 0) is 37.1 Å². The molecule has 1 aromatic heterocycles. The quantitative estimate of drug-likeness (QED) is 0.871. The van der Waals surface area contributed by atoms with Gasteiger partial charge in [0.05, 0.1) is 18.1 Å². The first-order valence-corrected chi connectivity index (χ1v) is 7.54. The minimum atomic E-state index is -0.176. The molecule has 1 unspecified atom stereocenters. The highest BCUT2D eigenvalue weighted by Gasteiger charge is 2.16. The van der Waals surface area contributed by atoms with Gasteiger partial charge in [0.25, 0.3) is 0 Å². The summed E-state index contributed by atoms with van der Waals surface area (Å²) in [4.78, 5) is 4.15. The van der Waals surface area contributed by atoms with Crippen molar-refractivity contribution in [1.82, 2.24) is 14.9 Å². The lowest BCUT2D eigenvalue weighted by Gasteiger charge is -2.19. The number of imidazole rings is 1. The van der Waals surface area contributed by atoms with E-state index < -0.39 is 0 Å². The van der Waals surface area contributed by atoms with Crippen molar-refractivity contribution in [2.45, 2.75) is 25.8 Å². The molecule has 0 aliphatic rings. The second kappa shape index (κ2) is 6.99. The Morgan fingerprint density at radius 3 is 2.85 bits per heavy atom. The van der Waals surface area contributed by atoms with Crippen LogP contribution in [0.25, 0.3) is 0 Å². The van der Waals surface area contributed by atoms with E-state index in [0.717, 1.165) is 23.1 Å². The number of halogens is 2. The van der Waals surface area contributed by atoms with E-state index in [1.807, 2.05) is 29.9 Å². The van der Waals surface area contributed by atoms with Crippen LogP contribution in [-0.2, 0) is 13.5 Å². The number of rotatable bonds is 6. The third-order valence-electron chi connectivity index (χ3n) is 3.29. The monoisotopic (exact) mass is 339 g/mol. The molecule has 2 aromatic rings. The summed E-state index contributed by atoms with van der Waals surface area (Å²) in [6.45, 7) is 3.02. The normalized spacial score (nSPS) is 12.6. The van der Waals surface area contributed by atoms with Crippen LogP contribution in [0.1, 0.15) is 30.6 Å². The molecule has 0 spiro atoms. The topological polar surface area (TPSA) is 29.9 Å². The lowest BCUT2D eigenvalue weighted by Crippen LogP contribution is -2.26. The smallest absolute Gasteiger partial charge is 0.127 e. The van der Waals surface area contributed by atoms with E-state index in [2.05, 4.69) is 33.2 Å². The van der Waals surface area contributed by atoms with Gasteiger partial charge >= 0.3 is 0 Å². The molecular formula is C15H19BrFN3. The zero-order chi connectivity index (χ0) is 14.5. The fraction of sp³-hybridized carbons (Fsp3) is 0.400. The lowest BCUT2D eigenvalue weighted by molar-refractivity contribution is 0.491. The van der Waals surface area contributed by atoms with Crippen LogP contribution < -0.4 is 5.32 Å². The van der Waals surface area contributed by atoms with Crippen LogP contribution in [0.15, 0.2) is 35.2 Å². The first-order valence-electron chi connectivity index (χ1n) is 6.75. The maximum Gasteiger partial charge on any atom is 0.127 e. The van der Waals surface area contributed by atoms with Crippen LogP contribution in [0.4, 0.5) is 4.39 Å². The highest BCUT2D eigenvalue weighted by molar-refractivity contribution is 9.10. The number of hydrogen-bond acceptors (Lipinski definition) is 2. The number of nitrogens with one attached hydrogen (secondary N) is 1. The lowest BCUT2D eigenvalue weighted by atomic mass is 10.0. The first-order chi connectivity index (χ1) is 9.61. The van der Waals surface area contributed by atoms with Gasteiger partial charge in [0.2, 0.25) is 0 Å². The van der Waals surface area contributed by atoms with Crippen molar-refractivity contribution >= 4 is 15.9 Å². The van der Waals surface area contributed by atoms with E-state index in [4.69, 9.17) is 0 Å². The van der Waals surface area contributed by atoms with Crippen LogP contribution in [0.3, 0.4) is 0 Å². The van der Waals surface area contributed by atoms with Crippen molar-refractivity contribution in [3.05, 3.63) is 52.3 Å². The van der Waals surface area contributed by atoms with Crippen molar-refractivity contribution in [1.29, 1.82) is 0 Å². The van der Waals surface area contributed by atoms with Gasteiger partial charge < -0.3 is 9.88 Å². The maximum atomic E-state index is 14.0. The minimum Gasteiger partial charge on any atom is -0.336 e. The third-order valence-corrected chi connectivity index (χ3v) is 3.78. The van der Waals surface area contributed by atoms with Crippen LogP contribution in [0.2, 0.25) is 0 Å². The molecule has 3 nitrogen and oxygen atoms in total. The third kappa shape index (κ3) is 3.67. The number of aryl methyl sites for hydroxylation is 1. The SMILES string of the molecule is CCCNC(Cc1ccc(Br)cc1F)c1cncn1C. The molecule has 108 valence electrons. The van der Waals surface area contributed by atoms with Crippen molar-refractivity contribution in [3.8, 4) is 0 Å². The van der Waals surface area contributed by atoms with E-state index in [9.17, 15) is 4.39 Å². The summed E-state index contributed by atoms with van der Waals surface area (Å²) in [5.74, 6) is -0.176. The van der Waals surface area contributed by atoms with Crippen molar-refractivity contribution in [2.24, 2.45) is 7.05 Å². The molecule has 0 aliphatic heterocycles.